The second-order valence-corrected chi connectivity index (χ2v) is 4.86. The fraction of sp³-hybridized carbons (Fsp3) is 0.267. The molecule has 3 amide bonds. The standard InChI is InChI=1S/C15H15FN2O3/c1-11(9-19)8-17(13-6-7-13)15(21)18(10-20)14-4-2-12(16)3-5-14/h2-5,8-10,13H,6-7H2,1H3/b11-8+. The van der Waals surface area contributed by atoms with Crippen LogP contribution in [0.2, 0.25) is 0 Å². The molecule has 0 radical (unpaired) electrons. The number of urea groups is 1. The van der Waals surface area contributed by atoms with Crippen molar-refractivity contribution in [2.75, 3.05) is 4.90 Å². The van der Waals surface area contributed by atoms with E-state index in [9.17, 15) is 18.8 Å². The number of aldehydes is 1. The first-order valence-corrected chi connectivity index (χ1v) is 6.53. The average Bonchev–Trinajstić information content (AvgIpc) is 3.31. The van der Waals surface area contributed by atoms with Crippen LogP contribution in [0.4, 0.5) is 14.9 Å². The third kappa shape index (κ3) is 3.53. The molecule has 0 bridgehead atoms. The van der Waals surface area contributed by atoms with Crippen LogP contribution in [0.15, 0.2) is 36.0 Å². The predicted molar refractivity (Wildman–Crippen MR) is 75.0 cm³/mol. The number of benzene rings is 1. The monoisotopic (exact) mass is 290 g/mol. The fourth-order valence-corrected chi connectivity index (χ4v) is 1.86. The zero-order chi connectivity index (χ0) is 15.4. The molecule has 1 fully saturated rings. The molecular formula is C15H15FN2O3. The van der Waals surface area contributed by atoms with Crippen LogP contribution in [0.3, 0.4) is 0 Å². The van der Waals surface area contributed by atoms with Crippen LogP contribution in [0.25, 0.3) is 0 Å². The van der Waals surface area contributed by atoms with E-state index in [-0.39, 0.29) is 11.7 Å². The Balaban J connectivity index is 2.27. The van der Waals surface area contributed by atoms with Gasteiger partial charge in [-0.2, -0.15) is 0 Å². The Morgan fingerprint density at radius 1 is 1.24 bits per heavy atom. The molecule has 1 aromatic carbocycles. The lowest BCUT2D eigenvalue weighted by molar-refractivity contribution is -0.107. The van der Waals surface area contributed by atoms with Gasteiger partial charge in [0.25, 0.3) is 0 Å². The van der Waals surface area contributed by atoms with Crippen LogP contribution >= 0.6 is 0 Å². The summed E-state index contributed by atoms with van der Waals surface area (Å²) in [5.74, 6) is -0.451. The third-order valence-corrected chi connectivity index (χ3v) is 3.11. The van der Waals surface area contributed by atoms with E-state index >= 15 is 0 Å². The Kier molecular flexibility index (Phi) is 4.47. The van der Waals surface area contributed by atoms with Gasteiger partial charge in [0, 0.05) is 17.8 Å². The smallest absolute Gasteiger partial charge is 0.298 e. The molecule has 0 aromatic heterocycles. The Morgan fingerprint density at radius 2 is 1.86 bits per heavy atom. The van der Waals surface area contributed by atoms with Crippen molar-refractivity contribution in [3.05, 3.63) is 41.9 Å². The van der Waals surface area contributed by atoms with Gasteiger partial charge in [0.05, 0.1) is 5.69 Å². The van der Waals surface area contributed by atoms with Crippen molar-refractivity contribution < 1.29 is 18.8 Å². The quantitative estimate of drug-likeness (QED) is 0.618. The summed E-state index contributed by atoms with van der Waals surface area (Å²) in [5, 5.41) is 0. The van der Waals surface area contributed by atoms with Crippen LogP contribution in [-0.2, 0) is 9.59 Å². The Morgan fingerprint density at radius 3 is 2.33 bits per heavy atom. The van der Waals surface area contributed by atoms with Gasteiger partial charge in [-0.25, -0.2) is 14.1 Å². The molecule has 110 valence electrons. The molecule has 1 aromatic rings. The zero-order valence-electron chi connectivity index (χ0n) is 11.5. The molecule has 1 aliphatic carbocycles. The van der Waals surface area contributed by atoms with Gasteiger partial charge in [-0.1, -0.05) is 0 Å². The highest BCUT2D eigenvalue weighted by Crippen LogP contribution is 2.29. The van der Waals surface area contributed by atoms with Crippen LogP contribution < -0.4 is 4.90 Å². The topological polar surface area (TPSA) is 57.7 Å². The van der Waals surface area contributed by atoms with Crippen molar-refractivity contribution in [2.45, 2.75) is 25.8 Å². The summed E-state index contributed by atoms with van der Waals surface area (Å²) in [4.78, 5) is 36.7. The second-order valence-electron chi connectivity index (χ2n) is 4.86. The molecule has 0 spiro atoms. The lowest BCUT2D eigenvalue weighted by Crippen LogP contribution is -2.41. The number of anilines is 1. The average molecular weight is 290 g/mol. The van der Waals surface area contributed by atoms with Gasteiger partial charge in [-0.15, -0.1) is 0 Å². The molecule has 6 heteroatoms. The van der Waals surface area contributed by atoms with Crippen molar-refractivity contribution in [3.8, 4) is 0 Å². The van der Waals surface area contributed by atoms with Crippen molar-refractivity contribution in [3.63, 3.8) is 0 Å². The molecule has 2 rings (SSSR count). The molecular weight excluding hydrogens is 275 g/mol. The highest BCUT2D eigenvalue weighted by molar-refractivity contribution is 6.06. The molecule has 0 unspecified atom stereocenters. The van der Waals surface area contributed by atoms with Crippen LogP contribution in [0.1, 0.15) is 19.8 Å². The number of carbonyl (C=O) groups is 3. The lowest BCUT2D eigenvalue weighted by Gasteiger charge is -2.24. The minimum absolute atomic E-state index is 0.00435. The fourth-order valence-electron chi connectivity index (χ4n) is 1.86. The third-order valence-electron chi connectivity index (χ3n) is 3.11. The summed E-state index contributed by atoms with van der Waals surface area (Å²) >= 11 is 0. The first-order chi connectivity index (χ1) is 10.1. The molecule has 0 atom stereocenters. The van der Waals surface area contributed by atoms with Crippen molar-refractivity contribution >= 4 is 24.4 Å². The highest BCUT2D eigenvalue weighted by atomic mass is 19.1. The Hall–Kier alpha value is -2.50. The zero-order valence-corrected chi connectivity index (χ0v) is 11.5. The van der Waals surface area contributed by atoms with Crippen LogP contribution in [0.5, 0.6) is 0 Å². The summed E-state index contributed by atoms with van der Waals surface area (Å²) in [6.07, 6.45) is 4.11. The number of halogens is 1. The lowest BCUT2D eigenvalue weighted by atomic mass is 10.3. The largest absolute Gasteiger partial charge is 0.335 e. The number of amides is 3. The number of hydrogen-bond donors (Lipinski definition) is 0. The molecule has 21 heavy (non-hydrogen) atoms. The summed E-state index contributed by atoms with van der Waals surface area (Å²) in [6.45, 7) is 1.58. The summed E-state index contributed by atoms with van der Waals surface area (Å²) in [6, 6.07) is 4.49. The normalized spacial score (nSPS) is 14.5. The van der Waals surface area contributed by atoms with Crippen LogP contribution in [-0.4, -0.2) is 29.7 Å². The molecule has 1 saturated carbocycles. The van der Waals surface area contributed by atoms with Gasteiger partial charge in [0.1, 0.15) is 12.1 Å². The maximum atomic E-state index is 12.9. The maximum absolute atomic E-state index is 12.9. The van der Waals surface area contributed by atoms with Crippen molar-refractivity contribution in [1.29, 1.82) is 0 Å². The molecule has 5 nitrogen and oxygen atoms in total. The molecule has 1 aliphatic rings. The highest BCUT2D eigenvalue weighted by Gasteiger charge is 2.34. The predicted octanol–water partition coefficient (Wildman–Crippen LogP) is 2.48. The summed E-state index contributed by atoms with van der Waals surface area (Å²) in [5.41, 5.74) is 0.666. The minimum Gasteiger partial charge on any atom is -0.298 e. The first kappa shape index (κ1) is 14.9. The van der Waals surface area contributed by atoms with E-state index < -0.39 is 11.8 Å². The van der Waals surface area contributed by atoms with Gasteiger partial charge in [-0.05, 0) is 44.0 Å². The number of carbonyl (C=O) groups excluding carboxylic acids is 3. The van der Waals surface area contributed by atoms with E-state index in [4.69, 9.17) is 0 Å². The van der Waals surface area contributed by atoms with E-state index in [1.54, 1.807) is 6.92 Å². The van der Waals surface area contributed by atoms with Crippen LogP contribution in [0, 0.1) is 5.82 Å². The van der Waals surface area contributed by atoms with E-state index in [0.717, 1.165) is 17.7 Å². The number of hydrogen-bond acceptors (Lipinski definition) is 3. The number of imide groups is 1. The van der Waals surface area contributed by atoms with Gasteiger partial charge < -0.3 is 0 Å². The van der Waals surface area contributed by atoms with Crippen molar-refractivity contribution in [1.82, 2.24) is 4.90 Å². The number of rotatable bonds is 5. The van der Waals surface area contributed by atoms with Gasteiger partial charge in [-0.3, -0.25) is 14.5 Å². The van der Waals surface area contributed by atoms with E-state index in [2.05, 4.69) is 0 Å². The van der Waals surface area contributed by atoms with E-state index in [1.165, 1.54) is 35.4 Å². The second kappa shape index (κ2) is 6.30. The summed E-state index contributed by atoms with van der Waals surface area (Å²) < 4.78 is 12.9. The van der Waals surface area contributed by atoms with Crippen molar-refractivity contribution in [2.24, 2.45) is 0 Å². The minimum atomic E-state index is -0.555. The molecule has 0 saturated heterocycles. The first-order valence-electron chi connectivity index (χ1n) is 6.53. The van der Waals surface area contributed by atoms with E-state index in [0.29, 0.717) is 18.3 Å². The molecule has 0 heterocycles. The molecule has 0 N–H and O–H groups in total. The Labute approximate surface area is 121 Å². The Bertz CT molecular complexity index is 579. The number of nitrogens with zero attached hydrogens (tertiary/aromatic N) is 2. The van der Waals surface area contributed by atoms with Gasteiger partial charge in [0.15, 0.2) is 0 Å². The SMILES string of the molecule is C/C(C=O)=C\N(C(=O)N(C=O)c1ccc(F)cc1)C1CC1. The van der Waals surface area contributed by atoms with E-state index in [1.807, 2.05) is 0 Å². The van der Waals surface area contributed by atoms with Gasteiger partial charge in [0.2, 0.25) is 6.41 Å². The molecule has 0 aliphatic heterocycles. The van der Waals surface area contributed by atoms with Gasteiger partial charge >= 0.3 is 6.03 Å². The number of allylic oxidation sites excluding steroid dienone is 1. The maximum Gasteiger partial charge on any atom is 0.335 e. The summed E-state index contributed by atoms with van der Waals surface area (Å²) in [7, 11) is 0.